The Hall–Kier alpha value is -1.42. The second-order valence-electron chi connectivity index (χ2n) is 3.75. The molecule has 0 bridgehead atoms. The summed E-state index contributed by atoms with van der Waals surface area (Å²) >= 11 is 0. The van der Waals surface area contributed by atoms with Crippen LogP contribution >= 0.6 is 0 Å². The van der Waals surface area contributed by atoms with Gasteiger partial charge in [-0.2, -0.15) is 0 Å². The number of aryl methyl sites for hydroxylation is 1. The van der Waals surface area contributed by atoms with Gasteiger partial charge in [-0.05, 0) is 31.9 Å². The van der Waals surface area contributed by atoms with E-state index in [1.807, 2.05) is 13.0 Å². The van der Waals surface area contributed by atoms with Crippen LogP contribution in [0.3, 0.4) is 0 Å². The van der Waals surface area contributed by atoms with Crippen molar-refractivity contribution in [1.82, 2.24) is 4.98 Å². The number of nitrogens with two attached hydrogens (primary N) is 1. The van der Waals surface area contributed by atoms with Crippen LogP contribution in [0, 0.1) is 6.92 Å². The van der Waals surface area contributed by atoms with Gasteiger partial charge in [-0.25, -0.2) is 0 Å². The molecule has 0 atom stereocenters. The summed E-state index contributed by atoms with van der Waals surface area (Å²) in [4.78, 5) is 15.7. The molecule has 1 aromatic rings. The molecule has 0 aromatic carbocycles. The topological polar surface area (TPSA) is 68.0 Å². The third-order valence-electron chi connectivity index (χ3n) is 2.50. The van der Waals surface area contributed by atoms with E-state index >= 15 is 0 Å². The van der Waals surface area contributed by atoms with E-state index in [-0.39, 0.29) is 5.91 Å². The fraction of sp³-hybridized carbons (Fsp3) is 0.400. The maximum atomic E-state index is 11.6. The summed E-state index contributed by atoms with van der Waals surface area (Å²) in [6.07, 6.45) is 3.25. The number of hydrogen-bond acceptors (Lipinski definition) is 3. The first-order valence-electron chi connectivity index (χ1n) is 4.64. The Labute approximate surface area is 82.5 Å². The van der Waals surface area contributed by atoms with Gasteiger partial charge in [0.1, 0.15) is 0 Å². The largest absolute Gasteiger partial charge is 0.323 e. The molecule has 0 radical (unpaired) electrons. The first-order valence-corrected chi connectivity index (χ1v) is 4.64. The first kappa shape index (κ1) is 9.15. The van der Waals surface area contributed by atoms with Crippen molar-refractivity contribution >= 4 is 11.6 Å². The summed E-state index contributed by atoms with van der Waals surface area (Å²) in [6, 6.07) is 3.62. The molecule has 74 valence electrons. The molecular weight excluding hydrogens is 178 g/mol. The van der Waals surface area contributed by atoms with Gasteiger partial charge in [-0.15, -0.1) is 0 Å². The number of carbonyl (C=O) groups excluding carboxylic acids is 1. The van der Waals surface area contributed by atoms with Crippen molar-refractivity contribution in [2.24, 2.45) is 5.73 Å². The second kappa shape index (κ2) is 3.06. The second-order valence-corrected chi connectivity index (χ2v) is 3.75. The minimum atomic E-state index is -0.623. The number of amides is 1. The van der Waals surface area contributed by atoms with Crippen LogP contribution in [-0.2, 0) is 4.79 Å². The number of carbonyl (C=O) groups is 1. The van der Waals surface area contributed by atoms with Crippen LogP contribution in [0.4, 0.5) is 5.69 Å². The van der Waals surface area contributed by atoms with Crippen LogP contribution in [0.15, 0.2) is 18.3 Å². The van der Waals surface area contributed by atoms with Crippen molar-refractivity contribution in [2.45, 2.75) is 25.3 Å². The molecule has 1 aliphatic carbocycles. The first-order chi connectivity index (χ1) is 6.62. The van der Waals surface area contributed by atoms with Gasteiger partial charge in [-0.1, -0.05) is 0 Å². The lowest BCUT2D eigenvalue weighted by Crippen LogP contribution is -2.38. The Balaban J connectivity index is 2.11. The molecule has 0 aliphatic heterocycles. The van der Waals surface area contributed by atoms with Crippen LogP contribution in [0.1, 0.15) is 18.5 Å². The molecule has 1 fully saturated rings. The lowest BCUT2D eigenvalue weighted by molar-refractivity contribution is -0.118. The van der Waals surface area contributed by atoms with E-state index in [0.717, 1.165) is 24.2 Å². The lowest BCUT2D eigenvalue weighted by atomic mass is 10.2. The molecule has 0 spiro atoms. The minimum Gasteiger partial charge on any atom is -0.323 e. The number of aromatic nitrogens is 1. The molecular formula is C10H13N3O. The fourth-order valence-electron chi connectivity index (χ4n) is 1.22. The summed E-state index contributed by atoms with van der Waals surface area (Å²) in [5.41, 5.74) is 6.69. The summed E-state index contributed by atoms with van der Waals surface area (Å²) in [5.74, 6) is -0.103. The quantitative estimate of drug-likeness (QED) is 0.727. The zero-order valence-electron chi connectivity index (χ0n) is 8.08. The van der Waals surface area contributed by atoms with E-state index in [2.05, 4.69) is 10.3 Å². The van der Waals surface area contributed by atoms with Crippen molar-refractivity contribution in [1.29, 1.82) is 0 Å². The maximum Gasteiger partial charge on any atom is 0.244 e. The monoisotopic (exact) mass is 191 g/mol. The van der Waals surface area contributed by atoms with Crippen molar-refractivity contribution in [2.75, 3.05) is 5.32 Å². The average Bonchev–Trinajstić information content (AvgIpc) is 2.89. The Kier molecular flexibility index (Phi) is 2.00. The smallest absolute Gasteiger partial charge is 0.244 e. The summed E-state index contributed by atoms with van der Waals surface area (Å²) in [5, 5.41) is 2.79. The van der Waals surface area contributed by atoms with Crippen molar-refractivity contribution in [3.05, 3.63) is 24.0 Å². The Bertz CT molecular complexity index is 371. The van der Waals surface area contributed by atoms with Crippen LogP contribution < -0.4 is 11.1 Å². The minimum absolute atomic E-state index is 0.103. The molecule has 1 amide bonds. The van der Waals surface area contributed by atoms with Crippen LogP contribution in [0.5, 0.6) is 0 Å². The zero-order valence-corrected chi connectivity index (χ0v) is 8.08. The predicted molar refractivity (Wildman–Crippen MR) is 53.8 cm³/mol. The number of pyridine rings is 1. The normalized spacial score (nSPS) is 17.6. The number of anilines is 1. The van der Waals surface area contributed by atoms with E-state index in [4.69, 9.17) is 5.73 Å². The van der Waals surface area contributed by atoms with E-state index in [1.54, 1.807) is 12.3 Å². The van der Waals surface area contributed by atoms with Crippen molar-refractivity contribution in [3.63, 3.8) is 0 Å². The predicted octanol–water partition coefficient (Wildman–Crippen LogP) is 0.820. The number of nitrogens with one attached hydrogen (secondary N) is 1. The maximum absolute atomic E-state index is 11.6. The van der Waals surface area contributed by atoms with Gasteiger partial charge >= 0.3 is 0 Å². The molecule has 4 nitrogen and oxygen atoms in total. The third kappa shape index (κ3) is 1.61. The van der Waals surface area contributed by atoms with Crippen molar-refractivity contribution in [3.8, 4) is 0 Å². The van der Waals surface area contributed by atoms with Gasteiger partial charge in [0.25, 0.3) is 0 Å². The molecule has 1 heterocycles. The Morgan fingerprint density at radius 3 is 2.93 bits per heavy atom. The van der Waals surface area contributed by atoms with Crippen LogP contribution in [0.2, 0.25) is 0 Å². The Morgan fingerprint density at radius 1 is 1.64 bits per heavy atom. The highest BCUT2D eigenvalue weighted by Crippen LogP contribution is 2.33. The number of nitrogens with zero attached hydrogens (tertiary/aromatic N) is 1. The Morgan fingerprint density at radius 2 is 2.36 bits per heavy atom. The van der Waals surface area contributed by atoms with Gasteiger partial charge in [0.15, 0.2) is 0 Å². The molecule has 1 saturated carbocycles. The standard InChI is InChI=1S/C10H13N3O/c1-7-8(3-2-6-12-7)13-9(14)10(11)4-5-10/h2-3,6H,4-5,11H2,1H3,(H,13,14). The average molecular weight is 191 g/mol. The summed E-state index contributed by atoms with van der Waals surface area (Å²) in [7, 11) is 0. The molecule has 0 unspecified atom stereocenters. The molecule has 14 heavy (non-hydrogen) atoms. The van der Waals surface area contributed by atoms with Gasteiger partial charge in [-0.3, -0.25) is 9.78 Å². The van der Waals surface area contributed by atoms with E-state index in [9.17, 15) is 4.79 Å². The molecule has 2 rings (SSSR count). The third-order valence-corrected chi connectivity index (χ3v) is 2.50. The highest BCUT2D eigenvalue weighted by atomic mass is 16.2. The summed E-state index contributed by atoms with van der Waals surface area (Å²) < 4.78 is 0. The molecule has 4 heteroatoms. The highest BCUT2D eigenvalue weighted by Gasteiger charge is 2.46. The van der Waals surface area contributed by atoms with Gasteiger partial charge in [0.05, 0.1) is 16.9 Å². The van der Waals surface area contributed by atoms with Crippen LogP contribution in [-0.4, -0.2) is 16.4 Å². The zero-order chi connectivity index (χ0) is 10.2. The van der Waals surface area contributed by atoms with E-state index in [0.29, 0.717) is 0 Å². The molecule has 0 saturated heterocycles. The van der Waals surface area contributed by atoms with Gasteiger partial charge in [0, 0.05) is 6.20 Å². The molecule has 1 aromatic heterocycles. The highest BCUT2D eigenvalue weighted by molar-refractivity contribution is 6.00. The molecule has 1 aliphatic rings. The summed E-state index contributed by atoms with van der Waals surface area (Å²) in [6.45, 7) is 1.85. The van der Waals surface area contributed by atoms with Crippen molar-refractivity contribution < 1.29 is 4.79 Å². The number of rotatable bonds is 2. The van der Waals surface area contributed by atoms with E-state index < -0.39 is 5.54 Å². The lowest BCUT2D eigenvalue weighted by Gasteiger charge is -2.10. The van der Waals surface area contributed by atoms with E-state index in [1.165, 1.54) is 0 Å². The SMILES string of the molecule is Cc1ncccc1NC(=O)C1(N)CC1. The fourth-order valence-corrected chi connectivity index (χ4v) is 1.22. The number of hydrogen-bond donors (Lipinski definition) is 2. The van der Waals surface area contributed by atoms with Crippen LogP contribution in [0.25, 0.3) is 0 Å². The van der Waals surface area contributed by atoms with Gasteiger partial charge < -0.3 is 11.1 Å². The molecule has 3 N–H and O–H groups in total. The van der Waals surface area contributed by atoms with Gasteiger partial charge in [0.2, 0.25) is 5.91 Å².